The van der Waals surface area contributed by atoms with Crippen LogP contribution in [-0.4, -0.2) is 6.04 Å². The van der Waals surface area contributed by atoms with Gasteiger partial charge in [-0.25, -0.2) is 0 Å². The predicted molar refractivity (Wildman–Crippen MR) is 72.3 cm³/mol. The van der Waals surface area contributed by atoms with Gasteiger partial charge >= 0.3 is 0 Å². The Morgan fingerprint density at radius 1 is 1.12 bits per heavy atom. The van der Waals surface area contributed by atoms with Gasteiger partial charge in [0.1, 0.15) is 11.3 Å². The number of furan rings is 1. The van der Waals surface area contributed by atoms with Gasteiger partial charge in [-0.2, -0.15) is 0 Å². The first kappa shape index (κ1) is 12.2. The largest absolute Gasteiger partial charge is 0.460 e. The highest BCUT2D eigenvalue weighted by Crippen LogP contribution is 2.24. The van der Waals surface area contributed by atoms with E-state index >= 15 is 0 Å². The maximum absolute atomic E-state index is 5.79. The topological polar surface area (TPSA) is 25.2 Å². The van der Waals surface area contributed by atoms with Crippen molar-refractivity contribution in [1.29, 1.82) is 0 Å². The molecule has 1 heterocycles. The number of nitrogens with one attached hydrogen (secondary N) is 1. The molecule has 2 rings (SSSR count). The minimum absolute atomic E-state index is 0.481. The molecule has 0 saturated heterocycles. The summed E-state index contributed by atoms with van der Waals surface area (Å²) in [6, 6.07) is 9.06. The normalized spacial score (nSPS) is 11.9. The van der Waals surface area contributed by atoms with E-state index in [2.05, 4.69) is 57.3 Å². The third kappa shape index (κ3) is 2.89. The van der Waals surface area contributed by atoms with E-state index in [0.29, 0.717) is 12.0 Å². The maximum atomic E-state index is 5.79. The van der Waals surface area contributed by atoms with Crippen molar-refractivity contribution >= 4 is 11.0 Å². The first-order valence-electron chi connectivity index (χ1n) is 6.32. The zero-order valence-electron chi connectivity index (χ0n) is 11.1. The van der Waals surface area contributed by atoms with Gasteiger partial charge in [-0.15, -0.1) is 0 Å². The van der Waals surface area contributed by atoms with Crippen LogP contribution in [0.15, 0.2) is 28.7 Å². The first-order chi connectivity index (χ1) is 8.06. The molecule has 0 radical (unpaired) electrons. The molecule has 1 aromatic heterocycles. The van der Waals surface area contributed by atoms with Gasteiger partial charge in [0.25, 0.3) is 0 Å². The second kappa shape index (κ2) is 4.92. The molecular weight excluding hydrogens is 210 g/mol. The highest BCUT2D eigenvalue weighted by atomic mass is 16.3. The highest BCUT2D eigenvalue weighted by Gasteiger charge is 2.06. The zero-order valence-corrected chi connectivity index (χ0v) is 11.1. The Balaban J connectivity index is 2.24. The molecule has 1 N–H and O–H groups in total. The smallest absolute Gasteiger partial charge is 0.134 e. The lowest BCUT2D eigenvalue weighted by atomic mass is 10.0. The standard InChI is InChI=1S/C15H21NO/c1-10(2)12-5-6-15-13(7-12)8-14(17-15)9-16-11(3)4/h5-8,10-11,16H,9H2,1-4H3. The van der Waals surface area contributed by atoms with Crippen molar-refractivity contribution in [2.24, 2.45) is 0 Å². The summed E-state index contributed by atoms with van der Waals surface area (Å²) in [5.41, 5.74) is 2.34. The first-order valence-corrected chi connectivity index (χ1v) is 6.32. The summed E-state index contributed by atoms with van der Waals surface area (Å²) in [7, 11) is 0. The van der Waals surface area contributed by atoms with Gasteiger partial charge in [-0.05, 0) is 29.7 Å². The molecule has 0 unspecified atom stereocenters. The molecule has 17 heavy (non-hydrogen) atoms. The lowest BCUT2D eigenvalue weighted by molar-refractivity contribution is 0.488. The van der Waals surface area contributed by atoms with Crippen LogP contribution >= 0.6 is 0 Å². The van der Waals surface area contributed by atoms with Crippen molar-refractivity contribution < 1.29 is 4.42 Å². The van der Waals surface area contributed by atoms with Crippen molar-refractivity contribution in [3.8, 4) is 0 Å². The minimum Gasteiger partial charge on any atom is -0.460 e. The van der Waals surface area contributed by atoms with Crippen LogP contribution in [0.5, 0.6) is 0 Å². The third-order valence-corrected chi connectivity index (χ3v) is 2.94. The Bertz CT molecular complexity index is 497. The average Bonchev–Trinajstić information content (AvgIpc) is 2.67. The molecular formula is C15H21NO. The summed E-state index contributed by atoms with van der Waals surface area (Å²) >= 11 is 0. The van der Waals surface area contributed by atoms with E-state index in [1.807, 2.05) is 0 Å². The van der Waals surface area contributed by atoms with Crippen LogP contribution < -0.4 is 5.32 Å². The molecule has 2 nitrogen and oxygen atoms in total. The van der Waals surface area contributed by atoms with Crippen LogP contribution in [0.25, 0.3) is 11.0 Å². The highest BCUT2D eigenvalue weighted by molar-refractivity contribution is 5.78. The Labute approximate surface area is 103 Å². The van der Waals surface area contributed by atoms with E-state index < -0.39 is 0 Å². The minimum atomic E-state index is 0.481. The van der Waals surface area contributed by atoms with Gasteiger partial charge in [0.2, 0.25) is 0 Å². The predicted octanol–water partition coefficient (Wildman–Crippen LogP) is 4.05. The molecule has 2 aromatic rings. The van der Waals surface area contributed by atoms with Crippen molar-refractivity contribution in [2.75, 3.05) is 0 Å². The van der Waals surface area contributed by atoms with E-state index in [4.69, 9.17) is 4.42 Å². The van der Waals surface area contributed by atoms with Gasteiger partial charge in [0.05, 0.1) is 6.54 Å². The maximum Gasteiger partial charge on any atom is 0.134 e. The van der Waals surface area contributed by atoms with Crippen LogP contribution in [0.1, 0.15) is 44.9 Å². The molecule has 0 aliphatic rings. The number of rotatable bonds is 4. The lowest BCUT2D eigenvalue weighted by Gasteiger charge is -2.04. The fourth-order valence-corrected chi connectivity index (χ4v) is 1.87. The van der Waals surface area contributed by atoms with E-state index in [1.54, 1.807) is 0 Å². The van der Waals surface area contributed by atoms with Crippen molar-refractivity contribution in [3.05, 3.63) is 35.6 Å². The Morgan fingerprint density at radius 3 is 2.53 bits per heavy atom. The average molecular weight is 231 g/mol. The molecule has 1 aromatic carbocycles. The molecule has 0 saturated carbocycles. The van der Waals surface area contributed by atoms with Crippen LogP contribution in [0.2, 0.25) is 0 Å². The molecule has 0 atom stereocenters. The quantitative estimate of drug-likeness (QED) is 0.858. The summed E-state index contributed by atoms with van der Waals surface area (Å²) in [5, 5.41) is 4.57. The van der Waals surface area contributed by atoms with Gasteiger partial charge in [-0.1, -0.05) is 33.8 Å². The fraction of sp³-hybridized carbons (Fsp3) is 0.467. The molecule has 0 bridgehead atoms. The molecule has 0 aliphatic carbocycles. The molecule has 0 amide bonds. The second-order valence-electron chi connectivity index (χ2n) is 5.20. The molecule has 0 aliphatic heterocycles. The Hall–Kier alpha value is -1.28. The van der Waals surface area contributed by atoms with Gasteiger partial charge in [-0.3, -0.25) is 0 Å². The second-order valence-corrected chi connectivity index (χ2v) is 5.20. The van der Waals surface area contributed by atoms with Gasteiger partial charge in [0.15, 0.2) is 0 Å². The Morgan fingerprint density at radius 2 is 1.88 bits per heavy atom. The number of fused-ring (bicyclic) bond motifs is 1. The summed E-state index contributed by atoms with van der Waals surface area (Å²) in [6.07, 6.45) is 0. The fourth-order valence-electron chi connectivity index (χ4n) is 1.87. The summed E-state index contributed by atoms with van der Waals surface area (Å²) in [5.74, 6) is 1.57. The molecule has 0 fully saturated rings. The summed E-state index contributed by atoms with van der Waals surface area (Å²) in [4.78, 5) is 0. The van der Waals surface area contributed by atoms with E-state index in [1.165, 1.54) is 10.9 Å². The SMILES string of the molecule is CC(C)NCc1cc2cc(C(C)C)ccc2o1. The van der Waals surface area contributed by atoms with Gasteiger partial charge < -0.3 is 9.73 Å². The van der Waals surface area contributed by atoms with Crippen LogP contribution in [0.4, 0.5) is 0 Å². The molecule has 92 valence electrons. The monoisotopic (exact) mass is 231 g/mol. The number of hydrogen-bond donors (Lipinski definition) is 1. The van der Waals surface area contributed by atoms with Crippen LogP contribution in [0.3, 0.4) is 0 Å². The third-order valence-electron chi connectivity index (χ3n) is 2.94. The van der Waals surface area contributed by atoms with Crippen LogP contribution in [0, 0.1) is 0 Å². The number of hydrogen-bond acceptors (Lipinski definition) is 2. The van der Waals surface area contributed by atoms with Gasteiger partial charge in [0, 0.05) is 11.4 Å². The summed E-state index contributed by atoms with van der Waals surface area (Å²) < 4.78 is 5.79. The lowest BCUT2D eigenvalue weighted by Crippen LogP contribution is -2.21. The Kier molecular flexibility index (Phi) is 3.53. The van der Waals surface area contributed by atoms with E-state index in [0.717, 1.165) is 17.9 Å². The molecule has 2 heteroatoms. The van der Waals surface area contributed by atoms with E-state index in [-0.39, 0.29) is 0 Å². The number of benzene rings is 1. The van der Waals surface area contributed by atoms with E-state index in [9.17, 15) is 0 Å². The van der Waals surface area contributed by atoms with Crippen LogP contribution in [-0.2, 0) is 6.54 Å². The van der Waals surface area contributed by atoms with Crippen molar-refractivity contribution in [2.45, 2.75) is 46.2 Å². The van der Waals surface area contributed by atoms with Crippen molar-refractivity contribution in [1.82, 2.24) is 5.32 Å². The van der Waals surface area contributed by atoms with Crippen molar-refractivity contribution in [3.63, 3.8) is 0 Å². The molecule has 0 spiro atoms. The zero-order chi connectivity index (χ0) is 12.4. The summed E-state index contributed by atoms with van der Waals surface area (Å²) in [6.45, 7) is 9.49.